The van der Waals surface area contributed by atoms with Crippen LogP contribution in [0.2, 0.25) is 0 Å². The molecular formula is C18H17N3O2S. The SMILES string of the molecule is O=C(CSCc1coc(-c2ccccc2)n1)NCc1cccnc1. The Bertz CT molecular complexity index is 775. The average Bonchev–Trinajstić information content (AvgIpc) is 3.11. The van der Waals surface area contributed by atoms with Gasteiger partial charge < -0.3 is 9.73 Å². The Kier molecular flexibility index (Phi) is 5.63. The quantitative estimate of drug-likeness (QED) is 0.715. The van der Waals surface area contributed by atoms with Gasteiger partial charge in [0, 0.05) is 30.3 Å². The lowest BCUT2D eigenvalue weighted by Crippen LogP contribution is -2.24. The summed E-state index contributed by atoms with van der Waals surface area (Å²) in [6.45, 7) is 0.495. The average molecular weight is 339 g/mol. The van der Waals surface area contributed by atoms with Gasteiger partial charge in [-0.05, 0) is 23.8 Å². The Morgan fingerprint density at radius 1 is 1.17 bits per heavy atom. The molecule has 0 saturated heterocycles. The minimum atomic E-state index is -0.00405. The van der Waals surface area contributed by atoms with Gasteiger partial charge in [0.15, 0.2) is 0 Å². The molecule has 2 aromatic heterocycles. The van der Waals surface area contributed by atoms with Crippen LogP contribution in [0.25, 0.3) is 11.5 Å². The van der Waals surface area contributed by atoms with Crippen LogP contribution < -0.4 is 5.32 Å². The van der Waals surface area contributed by atoms with Crippen molar-refractivity contribution in [2.45, 2.75) is 12.3 Å². The van der Waals surface area contributed by atoms with Crippen LogP contribution in [-0.4, -0.2) is 21.6 Å². The van der Waals surface area contributed by atoms with Gasteiger partial charge in [0.2, 0.25) is 11.8 Å². The number of carbonyl (C=O) groups excluding carboxylic acids is 1. The first-order valence-corrected chi connectivity index (χ1v) is 8.70. The molecule has 6 heteroatoms. The van der Waals surface area contributed by atoms with Gasteiger partial charge in [0.1, 0.15) is 6.26 Å². The molecular weight excluding hydrogens is 322 g/mol. The molecule has 0 atom stereocenters. The number of hydrogen-bond donors (Lipinski definition) is 1. The van der Waals surface area contributed by atoms with Gasteiger partial charge in [-0.25, -0.2) is 4.98 Å². The van der Waals surface area contributed by atoms with Crippen molar-refractivity contribution >= 4 is 17.7 Å². The zero-order valence-electron chi connectivity index (χ0n) is 13.0. The highest BCUT2D eigenvalue weighted by Crippen LogP contribution is 2.20. The predicted molar refractivity (Wildman–Crippen MR) is 94.2 cm³/mol. The molecule has 3 rings (SSSR count). The van der Waals surface area contributed by atoms with Crippen molar-refractivity contribution in [3.8, 4) is 11.5 Å². The fourth-order valence-electron chi connectivity index (χ4n) is 2.09. The summed E-state index contributed by atoms with van der Waals surface area (Å²) in [6, 6.07) is 13.5. The monoisotopic (exact) mass is 339 g/mol. The summed E-state index contributed by atoms with van der Waals surface area (Å²) in [5.74, 6) is 1.62. The number of aromatic nitrogens is 2. The second kappa shape index (κ2) is 8.31. The Morgan fingerprint density at radius 2 is 2.04 bits per heavy atom. The third-order valence-corrected chi connectivity index (χ3v) is 4.23. The van der Waals surface area contributed by atoms with Gasteiger partial charge in [0.25, 0.3) is 0 Å². The topological polar surface area (TPSA) is 68.0 Å². The first-order valence-electron chi connectivity index (χ1n) is 7.54. The number of pyridine rings is 1. The van der Waals surface area contributed by atoms with Gasteiger partial charge in [-0.3, -0.25) is 9.78 Å². The molecule has 0 radical (unpaired) electrons. The van der Waals surface area contributed by atoms with Crippen LogP contribution in [0.1, 0.15) is 11.3 Å². The lowest BCUT2D eigenvalue weighted by atomic mass is 10.2. The van der Waals surface area contributed by atoms with Crippen molar-refractivity contribution in [3.63, 3.8) is 0 Å². The first kappa shape index (κ1) is 16.3. The van der Waals surface area contributed by atoms with Crippen LogP contribution >= 0.6 is 11.8 Å². The van der Waals surface area contributed by atoms with Gasteiger partial charge in [0.05, 0.1) is 11.4 Å². The van der Waals surface area contributed by atoms with E-state index >= 15 is 0 Å². The van der Waals surface area contributed by atoms with Crippen LogP contribution in [0.4, 0.5) is 0 Å². The minimum absolute atomic E-state index is 0.00405. The van der Waals surface area contributed by atoms with Gasteiger partial charge in [-0.1, -0.05) is 24.3 Å². The van der Waals surface area contributed by atoms with E-state index in [1.54, 1.807) is 18.7 Å². The Labute approximate surface area is 144 Å². The molecule has 0 saturated carbocycles. The molecule has 5 nitrogen and oxygen atoms in total. The maximum absolute atomic E-state index is 11.8. The van der Waals surface area contributed by atoms with Crippen molar-refractivity contribution in [1.29, 1.82) is 0 Å². The molecule has 3 aromatic rings. The van der Waals surface area contributed by atoms with Crippen LogP contribution in [0.3, 0.4) is 0 Å². The van der Waals surface area contributed by atoms with Crippen molar-refractivity contribution in [2.24, 2.45) is 0 Å². The van der Waals surface area contributed by atoms with E-state index in [9.17, 15) is 4.79 Å². The lowest BCUT2D eigenvalue weighted by molar-refractivity contribution is -0.118. The van der Waals surface area contributed by atoms with E-state index in [1.807, 2.05) is 42.5 Å². The zero-order valence-corrected chi connectivity index (χ0v) is 13.8. The maximum atomic E-state index is 11.8. The molecule has 0 spiro atoms. The number of amides is 1. The smallest absolute Gasteiger partial charge is 0.230 e. The summed E-state index contributed by atoms with van der Waals surface area (Å²) in [5.41, 5.74) is 2.77. The largest absolute Gasteiger partial charge is 0.444 e. The fraction of sp³-hybridized carbons (Fsp3) is 0.167. The van der Waals surface area contributed by atoms with Crippen molar-refractivity contribution < 1.29 is 9.21 Å². The van der Waals surface area contributed by atoms with Crippen LogP contribution in [-0.2, 0) is 17.1 Å². The molecule has 0 aliphatic carbocycles. The summed E-state index contributed by atoms with van der Waals surface area (Å²) in [7, 11) is 0. The van der Waals surface area contributed by atoms with Crippen molar-refractivity contribution in [1.82, 2.24) is 15.3 Å². The minimum Gasteiger partial charge on any atom is -0.444 e. The number of nitrogens with zero attached hydrogens (tertiary/aromatic N) is 2. The van der Waals surface area contributed by atoms with E-state index in [-0.39, 0.29) is 5.91 Å². The number of carbonyl (C=O) groups is 1. The molecule has 1 N–H and O–H groups in total. The van der Waals surface area contributed by atoms with Gasteiger partial charge >= 0.3 is 0 Å². The predicted octanol–water partition coefficient (Wildman–Crippen LogP) is 3.29. The van der Waals surface area contributed by atoms with Gasteiger partial charge in [-0.2, -0.15) is 0 Å². The molecule has 0 aliphatic heterocycles. The third kappa shape index (κ3) is 4.70. The van der Waals surface area contributed by atoms with Crippen molar-refractivity contribution in [2.75, 3.05) is 5.75 Å². The molecule has 2 heterocycles. The summed E-state index contributed by atoms with van der Waals surface area (Å²) >= 11 is 1.51. The van der Waals surface area contributed by atoms with Crippen LogP contribution in [0, 0.1) is 0 Å². The van der Waals surface area contributed by atoms with E-state index in [2.05, 4.69) is 15.3 Å². The van der Waals surface area contributed by atoms with E-state index < -0.39 is 0 Å². The molecule has 0 bridgehead atoms. The zero-order chi connectivity index (χ0) is 16.6. The van der Waals surface area contributed by atoms with E-state index in [1.165, 1.54) is 11.8 Å². The molecule has 0 fully saturated rings. The molecule has 1 aromatic carbocycles. The van der Waals surface area contributed by atoms with Crippen LogP contribution in [0.15, 0.2) is 65.5 Å². The highest BCUT2D eigenvalue weighted by molar-refractivity contribution is 7.99. The lowest BCUT2D eigenvalue weighted by Gasteiger charge is -2.04. The number of oxazole rings is 1. The van der Waals surface area contributed by atoms with E-state index in [4.69, 9.17) is 4.42 Å². The Hall–Kier alpha value is -2.60. The van der Waals surface area contributed by atoms with Crippen molar-refractivity contribution in [3.05, 3.63) is 72.4 Å². The number of hydrogen-bond acceptors (Lipinski definition) is 5. The number of benzene rings is 1. The number of thioether (sulfide) groups is 1. The number of nitrogens with one attached hydrogen (secondary N) is 1. The molecule has 24 heavy (non-hydrogen) atoms. The standard InChI is InChI=1S/C18H17N3O2S/c22-17(20-10-14-5-4-8-19-9-14)13-24-12-16-11-23-18(21-16)15-6-2-1-3-7-15/h1-9,11H,10,12-13H2,(H,20,22). The number of rotatable bonds is 7. The summed E-state index contributed by atoms with van der Waals surface area (Å²) in [4.78, 5) is 20.3. The second-order valence-electron chi connectivity index (χ2n) is 5.14. The highest BCUT2D eigenvalue weighted by Gasteiger charge is 2.07. The second-order valence-corrected chi connectivity index (χ2v) is 6.13. The third-order valence-electron chi connectivity index (χ3n) is 3.27. The molecule has 1 amide bonds. The highest BCUT2D eigenvalue weighted by atomic mass is 32.2. The molecule has 122 valence electrons. The summed E-state index contributed by atoms with van der Waals surface area (Å²) in [5, 5.41) is 2.87. The molecule has 0 unspecified atom stereocenters. The molecule has 0 aliphatic rings. The van der Waals surface area contributed by atoms with Crippen LogP contribution in [0.5, 0.6) is 0 Å². The van der Waals surface area contributed by atoms with E-state index in [0.29, 0.717) is 23.9 Å². The summed E-state index contributed by atoms with van der Waals surface area (Å²) in [6.07, 6.45) is 5.10. The Morgan fingerprint density at radius 3 is 2.83 bits per heavy atom. The van der Waals surface area contributed by atoms with Gasteiger partial charge in [-0.15, -0.1) is 11.8 Å². The fourth-order valence-corrected chi connectivity index (χ4v) is 2.82. The first-order chi connectivity index (χ1) is 11.8. The maximum Gasteiger partial charge on any atom is 0.230 e. The summed E-state index contributed by atoms with van der Waals surface area (Å²) < 4.78 is 5.48. The normalized spacial score (nSPS) is 10.5. The Balaban J connectivity index is 1.42. The van der Waals surface area contributed by atoms with E-state index in [0.717, 1.165) is 16.8 Å².